The molecule has 0 saturated heterocycles. The zero-order chi connectivity index (χ0) is 10.7. The third kappa shape index (κ3) is 2.32. The van der Waals surface area contributed by atoms with Crippen LogP contribution in [-0.2, 0) is 0 Å². The number of hydrogen-bond acceptors (Lipinski definition) is 5. The van der Waals surface area contributed by atoms with Crippen LogP contribution in [0.15, 0.2) is 30.7 Å². The van der Waals surface area contributed by atoms with E-state index in [1.165, 1.54) is 6.20 Å². The van der Waals surface area contributed by atoms with Gasteiger partial charge in [-0.3, -0.25) is 4.98 Å². The average molecular weight is 223 g/mol. The van der Waals surface area contributed by atoms with Gasteiger partial charge in [-0.05, 0) is 23.7 Å². The van der Waals surface area contributed by atoms with Crippen LogP contribution in [0, 0.1) is 0 Å². The summed E-state index contributed by atoms with van der Waals surface area (Å²) in [4.78, 5) is 11.5. The Morgan fingerprint density at radius 2 is 2.20 bits per heavy atom. The van der Waals surface area contributed by atoms with E-state index in [0.29, 0.717) is 11.4 Å². The fourth-order valence-electron chi connectivity index (χ4n) is 0.956. The van der Waals surface area contributed by atoms with E-state index in [0.717, 1.165) is 0 Å². The van der Waals surface area contributed by atoms with Gasteiger partial charge >= 0.3 is 0 Å². The Kier molecular flexibility index (Phi) is 2.64. The second-order valence-corrected chi connectivity index (χ2v) is 3.03. The lowest BCUT2D eigenvalue weighted by molar-refractivity contribution is 0.462. The minimum absolute atomic E-state index is 0.0862. The molecule has 0 aliphatic heterocycles. The van der Waals surface area contributed by atoms with E-state index in [4.69, 9.17) is 22.1 Å². The molecule has 2 N–H and O–H groups in total. The minimum Gasteiger partial charge on any atom is -0.435 e. The summed E-state index contributed by atoms with van der Waals surface area (Å²) >= 11 is 5.61. The molecule has 0 fully saturated rings. The first-order valence-electron chi connectivity index (χ1n) is 4.11. The summed E-state index contributed by atoms with van der Waals surface area (Å²) in [5, 5.41) is 0.0862. The minimum atomic E-state index is 0.0862. The van der Waals surface area contributed by atoms with E-state index >= 15 is 0 Å². The van der Waals surface area contributed by atoms with E-state index in [9.17, 15) is 0 Å². The summed E-state index contributed by atoms with van der Waals surface area (Å²) in [7, 11) is 0. The van der Waals surface area contributed by atoms with Gasteiger partial charge in [-0.1, -0.05) is 0 Å². The van der Waals surface area contributed by atoms with E-state index in [2.05, 4.69) is 15.0 Å². The molecule has 2 aromatic rings. The van der Waals surface area contributed by atoms with Crippen molar-refractivity contribution in [3.05, 3.63) is 36.0 Å². The molecule has 0 aromatic carbocycles. The summed E-state index contributed by atoms with van der Waals surface area (Å²) in [5.74, 6) is 0.766. The van der Waals surface area contributed by atoms with Gasteiger partial charge in [-0.15, -0.1) is 0 Å². The van der Waals surface area contributed by atoms with Crippen molar-refractivity contribution in [1.82, 2.24) is 15.0 Å². The van der Waals surface area contributed by atoms with E-state index in [1.54, 1.807) is 24.5 Å². The van der Waals surface area contributed by atoms with Crippen LogP contribution in [0.1, 0.15) is 0 Å². The number of halogens is 1. The lowest BCUT2D eigenvalue weighted by atomic mass is 10.4. The zero-order valence-corrected chi connectivity index (χ0v) is 8.35. The molecular weight excluding hydrogens is 216 g/mol. The van der Waals surface area contributed by atoms with Crippen molar-refractivity contribution < 1.29 is 4.74 Å². The number of rotatable bonds is 2. The van der Waals surface area contributed by atoms with Gasteiger partial charge in [-0.2, -0.15) is 4.98 Å². The number of nitrogens with two attached hydrogens (primary N) is 1. The van der Waals surface area contributed by atoms with Gasteiger partial charge in [0.25, 0.3) is 0 Å². The van der Waals surface area contributed by atoms with Crippen LogP contribution in [0.4, 0.5) is 5.69 Å². The molecule has 2 rings (SSSR count). The number of ether oxygens (including phenoxy) is 1. The average Bonchev–Trinajstić information content (AvgIpc) is 2.25. The van der Waals surface area contributed by atoms with Crippen LogP contribution in [-0.4, -0.2) is 15.0 Å². The van der Waals surface area contributed by atoms with Crippen LogP contribution < -0.4 is 10.5 Å². The third-order valence-corrected chi connectivity index (χ3v) is 1.78. The Balaban J connectivity index is 2.28. The number of anilines is 1. The van der Waals surface area contributed by atoms with Crippen molar-refractivity contribution >= 4 is 17.3 Å². The molecule has 0 spiro atoms. The van der Waals surface area contributed by atoms with Crippen LogP contribution in [0.5, 0.6) is 11.6 Å². The Morgan fingerprint density at radius 3 is 2.93 bits per heavy atom. The molecule has 0 aliphatic rings. The van der Waals surface area contributed by atoms with Crippen LogP contribution in [0.2, 0.25) is 5.28 Å². The molecule has 76 valence electrons. The number of nitrogens with zero attached hydrogens (tertiary/aromatic N) is 3. The molecule has 15 heavy (non-hydrogen) atoms. The maximum absolute atomic E-state index is 5.61. The summed E-state index contributed by atoms with van der Waals surface area (Å²) < 4.78 is 5.37. The Hall–Kier alpha value is -1.88. The Morgan fingerprint density at radius 1 is 1.33 bits per heavy atom. The Labute approximate surface area is 90.9 Å². The highest BCUT2D eigenvalue weighted by Gasteiger charge is 2.05. The third-order valence-electron chi connectivity index (χ3n) is 1.60. The fourth-order valence-corrected chi connectivity index (χ4v) is 1.08. The summed E-state index contributed by atoms with van der Waals surface area (Å²) in [5.41, 5.74) is 5.93. The normalized spacial score (nSPS) is 9.93. The molecule has 0 amide bonds. The van der Waals surface area contributed by atoms with Crippen LogP contribution >= 0.6 is 11.6 Å². The van der Waals surface area contributed by atoms with Gasteiger partial charge in [0.05, 0.1) is 12.4 Å². The second kappa shape index (κ2) is 4.10. The standard InChI is InChI=1S/C9H7ClN4O/c10-9-13-5-7(11)8(14-9)15-6-2-1-3-12-4-6/h1-5H,11H2. The molecule has 2 heterocycles. The number of nitrogen functional groups attached to an aromatic ring is 1. The fraction of sp³-hybridized carbons (Fsp3) is 0. The zero-order valence-electron chi connectivity index (χ0n) is 7.59. The molecule has 0 aliphatic carbocycles. The first-order valence-corrected chi connectivity index (χ1v) is 4.49. The first-order chi connectivity index (χ1) is 7.25. The van der Waals surface area contributed by atoms with E-state index in [1.807, 2.05) is 0 Å². The van der Waals surface area contributed by atoms with E-state index in [-0.39, 0.29) is 11.2 Å². The SMILES string of the molecule is Nc1cnc(Cl)nc1Oc1cccnc1. The maximum Gasteiger partial charge on any atom is 0.247 e. The van der Waals surface area contributed by atoms with Gasteiger partial charge in [0, 0.05) is 6.20 Å². The molecule has 5 nitrogen and oxygen atoms in total. The predicted octanol–water partition coefficient (Wildman–Crippen LogP) is 1.90. The number of aromatic nitrogens is 3. The summed E-state index contributed by atoms with van der Waals surface area (Å²) in [6.45, 7) is 0. The van der Waals surface area contributed by atoms with Crippen molar-refractivity contribution in [1.29, 1.82) is 0 Å². The lowest BCUT2D eigenvalue weighted by Crippen LogP contribution is -1.96. The van der Waals surface area contributed by atoms with Gasteiger partial charge in [0.2, 0.25) is 11.2 Å². The Bertz CT molecular complexity index is 463. The highest BCUT2D eigenvalue weighted by Crippen LogP contribution is 2.24. The molecular formula is C9H7ClN4O. The summed E-state index contributed by atoms with van der Waals surface area (Å²) in [6, 6.07) is 3.48. The van der Waals surface area contributed by atoms with Crippen molar-refractivity contribution in [2.45, 2.75) is 0 Å². The molecule has 6 heteroatoms. The monoisotopic (exact) mass is 222 g/mol. The number of pyridine rings is 1. The highest BCUT2D eigenvalue weighted by atomic mass is 35.5. The number of hydrogen-bond donors (Lipinski definition) is 1. The van der Waals surface area contributed by atoms with Gasteiger partial charge in [0.1, 0.15) is 11.4 Å². The molecule has 0 bridgehead atoms. The first kappa shape index (κ1) is 9.67. The molecule has 0 saturated carbocycles. The van der Waals surface area contributed by atoms with Gasteiger partial charge in [0.15, 0.2) is 0 Å². The van der Waals surface area contributed by atoms with Crippen molar-refractivity contribution in [3.63, 3.8) is 0 Å². The smallest absolute Gasteiger partial charge is 0.247 e. The molecule has 0 atom stereocenters. The lowest BCUT2D eigenvalue weighted by Gasteiger charge is -2.05. The van der Waals surface area contributed by atoms with Crippen LogP contribution in [0.25, 0.3) is 0 Å². The molecule has 0 unspecified atom stereocenters. The summed E-state index contributed by atoms with van der Waals surface area (Å²) in [6.07, 6.45) is 4.58. The largest absolute Gasteiger partial charge is 0.435 e. The topological polar surface area (TPSA) is 73.9 Å². The van der Waals surface area contributed by atoms with Crippen molar-refractivity contribution in [2.75, 3.05) is 5.73 Å². The van der Waals surface area contributed by atoms with Crippen molar-refractivity contribution in [3.8, 4) is 11.6 Å². The predicted molar refractivity (Wildman–Crippen MR) is 55.8 cm³/mol. The molecule has 2 aromatic heterocycles. The van der Waals surface area contributed by atoms with Gasteiger partial charge in [-0.25, -0.2) is 4.98 Å². The van der Waals surface area contributed by atoms with E-state index < -0.39 is 0 Å². The second-order valence-electron chi connectivity index (χ2n) is 2.69. The molecule has 0 radical (unpaired) electrons. The van der Waals surface area contributed by atoms with Crippen molar-refractivity contribution in [2.24, 2.45) is 0 Å². The van der Waals surface area contributed by atoms with Gasteiger partial charge < -0.3 is 10.5 Å². The quantitative estimate of drug-likeness (QED) is 0.786. The highest BCUT2D eigenvalue weighted by molar-refractivity contribution is 6.28. The van der Waals surface area contributed by atoms with Crippen LogP contribution in [0.3, 0.4) is 0 Å². The maximum atomic E-state index is 5.61.